The van der Waals surface area contributed by atoms with Gasteiger partial charge in [-0.3, -0.25) is 4.40 Å². The van der Waals surface area contributed by atoms with Crippen LogP contribution in [0.3, 0.4) is 0 Å². The van der Waals surface area contributed by atoms with Gasteiger partial charge < -0.3 is 14.7 Å². The van der Waals surface area contributed by atoms with Crippen LogP contribution in [-0.4, -0.2) is 43.4 Å². The molecule has 0 saturated carbocycles. The zero-order chi connectivity index (χ0) is 17.6. The molecule has 4 rings (SSSR count). The number of aromatic nitrogens is 4. The van der Waals surface area contributed by atoms with Crippen molar-refractivity contribution < 1.29 is 14.6 Å². The first-order valence-electron chi connectivity index (χ1n) is 7.81. The summed E-state index contributed by atoms with van der Waals surface area (Å²) in [5.74, 6) is -0.0951. The first-order valence-corrected chi connectivity index (χ1v) is 7.81. The Balaban J connectivity index is 1.80. The van der Waals surface area contributed by atoms with E-state index in [4.69, 9.17) is 9.84 Å². The lowest BCUT2D eigenvalue weighted by atomic mass is 10.2. The lowest BCUT2D eigenvalue weighted by Gasteiger charge is -2.30. The standard InChI is InChI=1S/C16H15N5O4/c1-2-21-16(24)20-4-3-11(8-13(20)18-21)19-5-6-25-12-7-10(15(22)23)9-17-14(12)19/h3-4,7-9H,2,5-6H2,1H3,(H,22,23). The average molecular weight is 341 g/mol. The molecule has 0 amide bonds. The van der Waals surface area contributed by atoms with Gasteiger partial charge >= 0.3 is 11.7 Å². The fourth-order valence-electron chi connectivity index (χ4n) is 2.85. The molecule has 0 aliphatic carbocycles. The molecule has 1 aliphatic rings. The molecule has 3 aromatic rings. The Labute approximate surface area is 141 Å². The SMILES string of the molecule is CCn1nc2cc(N3CCOc4cc(C(=O)O)cnc43)ccn2c1=O. The van der Waals surface area contributed by atoms with E-state index in [1.807, 2.05) is 11.8 Å². The smallest absolute Gasteiger partial charge is 0.350 e. The van der Waals surface area contributed by atoms with Gasteiger partial charge in [0.05, 0.1) is 12.1 Å². The van der Waals surface area contributed by atoms with E-state index in [0.29, 0.717) is 36.9 Å². The van der Waals surface area contributed by atoms with Crippen molar-refractivity contribution in [1.29, 1.82) is 0 Å². The van der Waals surface area contributed by atoms with Gasteiger partial charge in [0.15, 0.2) is 17.2 Å². The Morgan fingerprint density at radius 1 is 1.40 bits per heavy atom. The monoisotopic (exact) mass is 341 g/mol. The lowest BCUT2D eigenvalue weighted by molar-refractivity contribution is 0.0696. The van der Waals surface area contributed by atoms with Crippen LogP contribution in [0.5, 0.6) is 5.75 Å². The Morgan fingerprint density at radius 2 is 2.24 bits per heavy atom. The predicted octanol–water partition coefficient (Wildman–Crippen LogP) is 1.14. The minimum absolute atomic E-state index is 0.0734. The molecule has 9 heteroatoms. The fourth-order valence-corrected chi connectivity index (χ4v) is 2.85. The van der Waals surface area contributed by atoms with Gasteiger partial charge in [-0.1, -0.05) is 0 Å². The number of nitrogens with zero attached hydrogens (tertiary/aromatic N) is 5. The number of carboxylic acid groups (broad SMARTS) is 1. The third kappa shape index (κ3) is 2.40. The molecule has 1 aliphatic heterocycles. The van der Waals surface area contributed by atoms with Gasteiger partial charge in [-0.05, 0) is 13.0 Å². The van der Waals surface area contributed by atoms with E-state index >= 15 is 0 Å². The number of rotatable bonds is 3. The molecule has 0 radical (unpaired) electrons. The summed E-state index contributed by atoms with van der Waals surface area (Å²) in [6, 6.07) is 5.07. The van der Waals surface area contributed by atoms with Crippen LogP contribution < -0.4 is 15.3 Å². The molecular formula is C16H15N5O4. The van der Waals surface area contributed by atoms with E-state index in [0.717, 1.165) is 5.69 Å². The third-order valence-electron chi connectivity index (χ3n) is 4.09. The lowest BCUT2D eigenvalue weighted by Crippen LogP contribution is -2.29. The Bertz CT molecular complexity index is 1040. The summed E-state index contributed by atoms with van der Waals surface area (Å²) in [5.41, 5.74) is 1.24. The predicted molar refractivity (Wildman–Crippen MR) is 88.8 cm³/mol. The number of ether oxygens (including phenoxy) is 1. The van der Waals surface area contributed by atoms with Gasteiger partial charge in [0.25, 0.3) is 0 Å². The fraction of sp³-hybridized carbons (Fsp3) is 0.250. The van der Waals surface area contributed by atoms with E-state index in [9.17, 15) is 9.59 Å². The Hall–Kier alpha value is -3.36. The summed E-state index contributed by atoms with van der Waals surface area (Å²) in [6.07, 6.45) is 2.98. The maximum absolute atomic E-state index is 12.1. The molecule has 0 fully saturated rings. The molecule has 128 valence electrons. The molecule has 0 atom stereocenters. The highest BCUT2D eigenvalue weighted by Gasteiger charge is 2.23. The van der Waals surface area contributed by atoms with Crippen molar-refractivity contribution in [3.05, 3.63) is 46.6 Å². The summed E-state index contributed by atoms with van der Waals surface area (Å²) in [4.78, 5) is 29.4. The van der Waals surface area contributed by atoms with Crippen molar-refractivity contribution >= 4 is 23.1 Å². The largest absolute Gasteiger partial charge is 0.488 e. The number of pyridine rings is 2. The van der Waals surface area contributed by atoms with Gasteiger partial charge in [0.1, 0.15) is 6.61 Å². The van der Waals surface area contributed by atoms with Gasteiger partial charge in [-0.25, -0.2) is 19.3 Å². The second-order valence-electron chi connectivity index (χ2n) is 5.56. The average Bonchev–Trinajstić information content (AvgIpc) is 2.96. The van der Waals surface area contributed by atoms with Crippen LogP contribution in [0.2, 0.25) is 0 Å². The van der Waals surface area contributed by atoms with E-state index < -0.39 is 5.97 Å². The number of aryl methyl sites for hydroxylation is 1. The first-order chi connectivity index (χ1) is 12.1. The molecule has 0 bridgehead atoms. The second kappa shape index (κ2) is 5.62. The minimum Gasteiger partial charge on any atom is -0.488 e. The van der Waals surface area contributed by atoms with Crippen LogP contribution in [0.4, 0.5) is 11.5 Å². The number of hydrogen-bond acceptors (Lipinski definition) is 6. The van der Waals surface area contributed by atoms with Gasteiger partial charge in [-0.2, -0.15) is 0 Å². The summed E-state index contributed by atoms with van der Waals surface area (Å²) >= 11 is 0. The molecule has 9 nitrogen and oxygen atoms in total. The van der Waals surface area contributed by atoms with E-state index in [-0.39, 0.29) is 11.3 Å². The van der Waals surface area contributed by atoms with Crippen LogP contribution in [0.1, 0.15) is 17.3 Å². The van der Waals surface area contributed by atoms with E-state index in [2.05, 4.69) is 10.1 Å². The van der Waals surface area contributed by atoms with Gasteiger partial charge in [0.2, 0.25) is 0 Å². The van der Waals surface area contributed by atoms with E-state index in [1.54, 1.807) is 18.3 Å². The van der Waals surface area contributed by atoms with Crippen LogP contribution in [0.25, 0.3) is 5.65 Å². The first kappa shape index (κ1) is 15.2. The molecule has 3 aromatic heterocycles. The summed E-state index contributed by atoms with van der Waals surface area (Å²) in [7, 11) is 0. The van der Waals surface area contributed by atoms with Crippen molar-refractivity contribution in [2.24, 2.45) is 0 Å². The summed E-state index contributed by atoms with van der Waals surface area (Å²) in [5, 5.41) is 13.4. The Kier molecular flexibility index (Phi) is 3.41. The molecule has 4 heterocycles. The summed E-state index contributed by atoms with van der Waals surface area (Å²) in [6.45, 7) is 3.31. The van der Waals surface area contributed by atoms with Crippen LogP contribution in [0, 0.1) is 0 Å². The van der Waals surface area contributed by atoms with Crippen molar-refractivity contribution in [1.82, 2.24) is 19.2 Å². The highest BCUT2D eigenvalue weighted by Crippen LogP contribution is 2.35. The molecule has 0 unspecified atom stereocenters. The molecule has 1 N–H and O–H groups in total. The number of carboxylic acids is 1. The highest BCUT2D eigenvalue weighted by molar-refractivity contribution is 5.88. The van der Waals surface area contributed by atoms with Crippen molar-refractivity contribution in [3.8, 4) is 5.75 Å². The molecule has 0 saturated heterocycles. The topological polar surface area (TPSA) is 102 Å². The molecule has 0 spiro atoms. The number of carbonyl (C=O) groups is 1. The van der Waals surface area contributed by atoms with Gasteiger partial charge in [0, 0.05) is 36.8 Å². The third-order valence-corrected chi connectivity index (χ3v) is 4.09. The number of aromatic carboxylic acids is 1. The number of fused-ring (bicyclic) bond motifs is 2. The number of hydrogen-bond donors (Lipinski definition) is 1. The second-order valence-corrected chi connectivity index (χ2v) is 5.56. The zero-order valence-corrected chi connectivity index (χ0v) is 13.4. The van der Waals surface area contributed by atoms with E-state index in [1.165, 1.54) is 21.3 Å². The quantitative estimate of drug-likeness (QED) is 0.762. The molecule has 25 heavy (non-hydrogen) atoms. The maximum Gasteiger partial charge on any atom is 0.350 e. The highest BCUT2D eigenvalue weighted by atomic mass is 16.5. The molecular weight excluding hydrogens is 326 g/mol. The molecule has 0 aromatic carbocycles. The van der Waals surface area contributed by atoms with Crippen LogP contribution in [0.15, 0.2) is 35.4 Å². The minimum atomic E-state index is -1.05. The van der Waals surface area contributed by atoms with Crippen molar-refractivity contribution in [2.45, 2.75) is 13.5 Å². The number of anilines is 2. The Morgan fingerprint density at radius 3 is 3.00 bits per heavy atom. The summed E-state index contributed by atoms with van der Waals surface area (Å²) < 4.78 is 8.43. The zero-order valence-electron chi connectivity index (χ0n) is 13.4. The van der Waals surface area contributed by atoms with Crippen molar-refractivity contribution in [3.63, 3.8) is 0 Å². The van der Waals surface area contributed by atoms with Crippen LogP contribution >= 0.6 is 0 Å². The van der Waals surface area contributed by atoms with Crippen LogP contribution in [-0.2, 0) is 6.54 Å². The van der Waals surface area contributed by atoms with Gasteiger partial charge in [-0.15, -0.1) is 5.10 Å². The van der Waals surface area contributed by atoms with Crippen molar-refractivity contribution in [2.75, 3.05) is 18.1 Å². The normalized spacial score (nSPS) is 13.6. The maximum atomic E-state index is 12.1.